The number of piperazine rings is 1. The molecule has 0 atom stereocenters. The average molecular weight is 463 g/mol. The first-order valence-corrected chi connectivity index (χ1v) is 11.1. The molecular weight excluding hydrogens is 436 g/mol. The van der Waals surface area contributed by atoms with E-state index in [1.54, 1.807) is 20.4 Å². The topological polar surface area (TPSA) is 119 Å². The maximum atomic E-state index is 13.3. The number of carbonyl (C=O) groups is 2. The van der Waals surface area contributed by atoms with Gasteiger partial charge in [0.05, 0.1) is 6.20 Å². The lowest BCUT2D eigenvalue weighted by Gasteiger charge is -2.35. The van der Waals surface area contributed by atoms with E-state index in [1.165, 1.54) is 0 Å². The summed E-state index contributed by atoms with van der Waals surface area (Å²) in [4.78, 5) is 37.6. The van der Waals surface area contributed by atoms with E-state index in [0.717, 1.165) is 11.1 Å². The lowest BCUT2D eigenvalue weighted by atomic mass is 10.1. The molecule has 0 unspecified atom stereocenters. The Hall–Kier alpha value is -4.08. The number of hydrogen-bond donors (Lipinski definition) is 1. The molecule has 2 amide bonds. The van der Waals surface area contributed by atoms with Gasteiger partial charge in [-0.3, -0.25) is 9.20 Å². The zero-order valence-electron chi connectivity index (χ0n) is 19.3. The number of nitrogens with zero attached hydrogens (tertiary/aromatic N) is 5. The molecule has 1 aromatic carbocycles. The molecule has 34 heavy (non-hydrogen) atoms. The van der Waals surface area contributed by atoms with Crippen LogP contribution in [0.25, 0.3) is 27.9 Å². The number of aromatic nitrogens is 3. The van der Waals surface area contributed by atoms with Gasteiger partial charge in [0.25, 0.3) is 11.9 Å². The normalized spacial score (nSPS) is 14.7. The smallest absolute Gasteiger partial charge is 0.410 e. The van der Waals surface area contributed by atoms with E-state index in [0.29, 0.717) is 48.6 Å². The predicted octanol–water partition coefficient (Wildman–Crippen LogP) is 3.42. The van der Waals surface area contributed by atoms with Crippen LogP contribution in [0.3, 0.4) is 0 Å². The fourth-order valence-electron chi connectivity index (χ4n) is 4.01. The number of benzene rings is 1. The Balaban J connectivity index is 1.36. The highest BCUT2D eigenvalue weighted by atomic mass is 16.6. The number of rotatable bonds is 2. The number of pyridine rings is 1. The molecule has 1 fully saturated rings. The second kappa shape index (κ2) is 8.05. The van der Waals surface area contributed by atoms with Crippen molar-refractivity contribution in [3.63, 3.8) is 0 Å². The van der Waals surface area contributed by atoms with Gasteiger partial charge in [-0.15, -0.1) is 0 Å². The van der Waals surface area contributed by atoms with Crippen molar-refractivity contribution in [3.8, 4) is 11.1 Å². The molecule has 0 saturated carbocycles. The van der Waals surface area contributed by atoms with Crippen LogP contribution in [0.5, 0.6) is 0 Å². The summed E-state index contributed by atoms with van der Waals surface area (Å²) in [5, 5.41) is 0. The molecule has 1 saturated heterocycles. The highest BCUT2D eigenvalue weighted by molar-refractivity contribution is 5.93. The van der Waals surface area contributed by atoms with Gasteiger partial charge in [-0.25, -0.2) is 9.78 Å². The van der Waals surface area contributed by atoms with Gasteiger partial charge in [0, 0.05) is 32.4 Å². The van der Waals surface area contributed by atoms with E-state index in [2.05, 4.69) is 9.97 Å². The Morgan fingerprint density at radius 3 is 2.47 bits per heavy atom. The molecule has 1 aliphatic rings. The van der Waals surface area contributed by atoms with Crippen LogP contribution < -0.4 is 5.73 Å². The molecule has 2 N–H and O–H groups in total. The summed E-state index contributed by atoms with van der Waals surface area (Å²) in [6.07, 6.45) is 3.12. The van der Waals surface area contributed by atoms with Crippen molar-refractivity contribution in [2.75, 3.05) is 31.9 Å². The van der Waals surface area contributed by atoms with Crippen LogP contribution in [-0.2, 0) is 4.74 Å². The third kappa shape index (κ3) is 4.14. The molecule has 4 aromatic rings. The Kier molecular flexibility index (Phi) is 5.15. The van der Waals surface area contributed by atoms with Crippen molar-refractivity contribution >= 4 is 34.8 Å². The van der Waals surface area contributed by atoms with Crippen LogP contribution in [0.15, 0.2) is 47.1 Å². The zero-order chi connectivity index (χ0) is 24.0. The van der Waals surface area contributed by atoms with E-state index in [-0.39, 0.29) is 18.0 Å². The molecule has 10 heteroatoms. The molecule has 0 bridgehead atoms. The number of fused-ring (bicyclic) bond motifs is 2. The van der Waals surface area contributed by atoms with Crippen LogP contribution in [0.1, 0.15) is 31.3 Å². The standard InChI is InChI=1S/C24H26N6O4/c1-24(2,3)34-23(32)29-10-8-28(9-11-29)21(31)18-13-26-20-7-5-16(14-30(18)20)15-4-6-19-17(12-15)27-22(25)33-19/h4-7,12-14H,8-11H2,1-3H3,(H2,25,27). The Morgan fingerprint density at radius 1 is 1.03 bits per heavy atom. The zero-order valence-corrected chi connectivity index (χ0v) is 19.3. The van der Waals surface area contributed by atoms with E-state index in [9.17, 15) is 9.59 Å². The number of nitrogens with two attached hydrogens (primary N) is 1. The van der Waals surface area contributed by atoms with Gasteiger partial charge in [-0.2, -0.15) is 4.98 Å². The van der Waals surface area contributed by atoms with E-state index < -0.39 is 5.60 Å². The fraction of sp³-hybridized carbons (Fsp3) is 0.333. The molecular formula is C24H26N6O4. The second-order valence-electron chi connectivity index (χ2n) is 9.28. The van der Waals surface area contributed by atoms with Crippen LogP contribution in [0.2, 0.25) is 0 Å². The minimum atomic E-state index is -0.553. The first-order chi connectivity index (χ1) is 16.2. The molecule has 176 valence electrons. The summed E-state index contributed by atoms with van der Waals surface area (Å²) >= 11 is 0. The lowest BCUT2D eigenvalue weighted by Crippen LogP contribution is -2.51. The SMILES string of the molecule is CC(C)(C)OC(=O)N1CCN(C(=O)c2cnc3ccc(-c4ccc5oc(N)nc5c4)cn23)CC1. The number of ether oxygens (including phenoxy) is 1. The molecule has 5 rings (SSSR count). The number of imidazole rings is 1. The Labute approximate surface area is 195 Å². The summed E-state index contributed by atoms with van der Waals surface area (Å²) in [5.74, 6) is -0.131. The summed E-state index contributed by atoms with van der Waals surface area (Å²) in [6, 6.07) is 9.57. The van der Waals surface area contributed by atoms with Gasteiger partial charge in [-0.05, 0) is 56.2 Å². The number of nitrogen functional groups attached to an aromatic ring is 1. The number of anilines is 1. The number of hydrogen-bond acceptors (Lipinski definition) is 7. The van der Waals surface area contributed by atoms with E-state index in [1.807, 2.05) is 57.3 Å². The maximum Gasteiger partial charge on any atom is 0.410 e. The minimum Gasteiger partial charge on any atom is -0.444 e. The van der Waals surface area contributed by atoms with Gasteiger partial charge in [-0.1, -0.05) is 6.07 Å². The molecule has 4 heterocycles. The monoisotopic (exact) mass is 462 g/mol. The van der Waals surface area contributed by atoms with Crippen molar-refractivity contribution in [1.82, 2.24) is 24.2 Å². The number of amides is 2. The second-order valence-corrected chi connectivity index (χ2v) is 9.28. The first kappa shape index (κ1) is 21.7. The number of oxazole rings is 1. The van der Waals surface area contributed by atoms with Crippen molar-refractivity contribution in [1.29, 1.82) is 0 Å². The first-order valence-electron chi connectivity index (χ1n) is 11.1. The van der Waals surface area contributed by atoms with E-state index >= 15 is 0 Å². The molecule has 1 aliphatic heterocycles. The quantitative estimate of drug-likeness (QED) is 0.485. The fourth-order valence-corrected chi connectivity index (χ4v) is 4.01. The Morgan fingerprint density at radius 2 is 1.74 bits per heavy atom. The minimum absolute atomic E-state index is 0.122. The van der Waals surface area contributed by atoms with Gasteiger partial charge in [0.2, 0.25) is 0 Å². The summed E-state index contributed by atoms with van der Waals surface area (Å²) in [5.41, 5.74) is 9.34. The maximum absolute atomic E-state index is 13.3. The molecule has 0 radical (unpaired) electrons. The van der Waals surface area contributed by atoms with Crippen LogP contribution in [-0.4, -0.2) is 67.9 Å². The van der Waals surface area contributed by atoms with Crippen LogP contribution in [0, 0.1) is 0 Å². The van der Waals surface area contributed by atoms with Gasteiger partial charge < -0.3 is 24.7 Å². The third-order valence-corrected chi connectivity index (χ3v) is 5.68. The molecule has 0 aliphatic carbocycles. The summed E-state index contributed by atoms with van der Waals surface area (Å²) < 4.78 is 12.6. The molecule has 3 aromatic heterocycles. The molecule has 10 nitrogen and oxygen atoms in total. The van der Waals surface area contributed by atoms with Crippen LogP contribution >= 0.6 is 0 Å². The predicted molar refractivity (Wildman–Crippen MR) is 126 cm³/mol. The summed E-state index contributed by atoms with van der Waals surface area (Å²) in [6.45, 7) is 7.20. The average Bonchev–Trinajstić information content (AvgIpc) is 3.39. The lowest BCUT2D eigenvalue weighted by molar-refractivity contribution is 0.0140. The van der Waals surface area contributed by atoms with Crippen molar-refractivity contribution in [2.24, 2.45) is 0 Å². The van der Waals surface area contributed by atoms with Gasteiger partial charge in [0.1, 0.15) is 22.5 Å². The van der Waals surface area contributed by atoms with Crippen LogP contribution in [0.4, 0.5) is 10.8 Å². The van der Waals surface area contributed by atoms with Gasteiger partial charge in [0.15, 0.2) is 5.58 Å². The van der Waals surface area contributed by atoms with E-state index in [4.69, 9.17) is 14.9 Å². The number of carbonyl (C=O) groups excluding carboxylic acids is 2. The highest BCUT2D eigenvalue weighted by Gasteiger charge is 2.29. The van der Waals surface area contributed by atoms with Gasteiger partial charge >= 0.3 is 6.09 Å². The highest BCUT2D eigenvalue weighted by Crippen LogP contribution is 2.26. The van der Waals surface area contributed by atoms with Crippen molar-refractivity contribution in [3.05, 3.63) is 48.4 Å². The Bertz CT molecular complexity index is 1390. The largest absolute Gasteiger partial charge is 0.444 e. The van der Waals surface area contributed by atoms with Crippen molar-refractivity contribution < 1.29 is 18.7 Å². The summed E-state index contributed by atoms with van der Waals surface area (Å²) in [7, 11) is 0. The van der Waals surface area contributed by atoms with Crippen molar-refractivity contribution in [2.45, 2.75) is 26.4 Å². The third-order valence-electron chi connectivity index (χ3n) is 5.68. The molecule has 0 spiro atoms.